The van der Waals surface area contributed by atoms with Gasteiger partial charge in [0, 0.05) is 12.1 Å². The van der Waals surface area contributed by atoms with Crippen molar-refractivity contribution in [3.63, 3.8) is 0 Å². The van der Waals surface area contributed by atoms with E-state index in [0.29, 0.717) is 11.5 Å². The molecule has 0 radical (unpaired) electrons. The first-order valence-electron chi connectivity index (χ1n) is 6.35. The lowest BCUT2D eigenvalue weighted by atomic mass is 10.2. The molecule has 0 heterocycles. The molecule has 0 saturated heterocycles. The van der Waals surface area contributed by atoms with E-state index in [1.54, 1.807) is 12.1 Å². The fraction of sp³-hybridized carbons (Fsp3) is 0.133. The van der Waals surface area contributed by atoms with E-state index in [1.807, 2.05) is 0 Å². The summed E-state index contributed by atoms with van der Waals surface area (Å²) in [5, 5.41) is 24.4. The van der Waals surface area contributed by atoms with Crippen molar-refractivity contribution in [2.45, 2.75) is 0 Å². The fourth-order valence-electron chi connectivity index (χ4n) is 1.76. The molecule has 2 amide bonds. The number of ether oxygens (including phenoxy) is 2. The second-order valence-corrected chi connectivity index (χ2v) is 4.35. The smallest absolute Gasteiger partial charge is 0.323 e. The molecule has 0 spiro atoms. The predicted octanol–water partition coefficient (Wildman–Crippen LogP) is 2.76. The molecule has 7 heteroatoms. The predicted molar refractivity (Wildman–Crippen MR) is 82.0 cm³/mol. The molecule has 0 bridgehead atoms. The maximum Gasteiger partial charge on any atom is 0.323 e. The van der Waals surface area contributed by atoms with E-state index in [1.165, 1.54) is 38.5 Å². The number of amides is 2. The zero-order valence-electron chi connectivity index (χ0n) is 12.1. The molecular formula is C15H16N2O5. The number of anilines is 2. The topological polar surface area (TPSA) is 100 Å². The van der Waals surface area contributed by atoms with Crippen LogP contribution >= 0.6 is 0 Å². The molecule has 2 aromatic carbocycles. The van der Waals surface area contributed by atoms with Gasteiger partial charge in [-0.15, -0.1) is 0 Å². The van der Waals surface area contributed by atoms with Crippen LogP contribution in [0.25, 0.3) is 0 Å². The third-order valence-corrected chi connectivity index (χ3v) is 2.90. The van der Waals surface area contributed by atoms with Crippen molar-refractivity contribution in [2.24, 2.45) is 0 Å². The highest BCUT2D eigenvalue weighted by atomic mass is 16.5. The standard InChI is InChI=1S/C15H16N2O5/c1-21-9-3-5-13(18)11(7-9)16-15(20)17-12-8-10(22-2)4-6-14(12)19/h3-8,18-19H,1-2H3,(H2,16,17,20). The van der Waals surface area contributed by atoms with E-state index in [4.69, 9.17) is 9.47 Å². The quantitative estimate of drug-likeness (QED) is 0.651. The number of hydrogen-bond acceptors (Lipinski definition) is 5. The maximum absolute atomic E-state index is 12.0. The number of phenols is 2. The number of carbonyl (C=O) groups excluding carboxylic acids is 1. The Kier molecular flexibility index (Phi) is 4.57. The Bertz CT molecular complexity index is 630. The minimum Gasteiger partial charge on any atom is -0.506 e. The van der Waals surface area contributed by atoms with Crippen LogP contribution in [0.5, 0.6) is 23.0 Å². The Morgan fingerprint density at radius 3 is 1.64 bits per heavy atom. The van der Waals surface area contributed by atoms with Gasteiger partial charge in [-0.1, -0.05) is 0 Å². The van der Waals surface area contributed by atoms with Gasteiger partial charge < -0.3 is 30.3 Å². The summed E-state index contributed by atoms with van der Waals surface area (Å²) in [6, 6.07) is 8.24. The average molecular weight is 304 g/mol. The Morgan fingerprint density at radius 1 is 0.864 bits per heavy atom. The van der Waals surface area contributed by atoms with Crippen LogP contribution in [0.1, 0.15) is 0 Å². The monoisotopic (exact) mass is 304 g/mol. The number of benzene rings is 2. The summed E-state index contributed by atoms with van der Waals surface area (Å²) in [5.74, 6) is 0.756. The minimum absolute atomic E-state index is 0.106. The number of urea groups is 1. The summed E-state index contributed by atoms with van der Waals surface area (Å²) in [6.07, 6.45) is 0. The van der Waals surface area contributed by atoms with Crippen LogP contribution in [0.2, 0.25) is 0 Å². The lowest BCUT2D eigenvalue weighted by Crippen LogP contribution is -2.19. The third kappa shape index (κ3) is 3.51. The van der Waals surface area contributed by atoms with Crippen LogP contribution in [-0.2, 0) is 0 Å². The first-order valence-corrected chi connectivity index (χ1v) is 6.35. The Balaban J connectivity index is 2.13. The van der Waals surface area contributed by atoms with Crippen molar-refractivity contribution in [1.82, 2.24) is 0 Å². The van der Waals surface area contributed by atoms with Crippen molar-refractivity contribution in [3.05, 3.63) is 36.4 Å². The van der Waals surface area contributed by atoms with Crippen LogP contribution in [0.3, 0.4) is 0 Å². The van der Waals surface area contributed by atoms with Gasteiger partial charge in [-0.2, -0.15) is 0 Å². The number of aromatic hydroxyl groups is 2. The zero-order valence-corrected chi connectivity index (χ0v) is 12.1. The van der Waals surface area contributed by atoms with E-state index in [9.17, 15) is 15.0 Å². The van der Waals surface area contributed by atoms with Gasteiger partial charge in [-0.3, -0.25) is 0 Å². The average Bonchev–Trinajstić information content (AvgIpc) is 2.51. The van der Waals surface area contributed by atoms with Crippen LogP contribution in [0.4, 0.5) is 16.2 Å². The molecule has 0 aromatic heterocycles. The summed E-state index contributed by atoms with van der Waals surface area (Å²) in [4.78, 5) is 12.0. The number of hydrogen-bond donors (Lipinski definition) is 4. The van der Waals surface area contributed by atoms with Gasteiger partial charge in [0.15, 0.2) is 0 Å². The molecule has 116 valence electrons. The molecule has 0 aliphatic heterocycles. The molecule has 0 saturated carbocycles. The summed E-state index contributed by atoms with van der Waals surface area (Å²) >= 11 is 0. The molecule has 0 atom stereocenters. The van der Waals surface area contributed by atoms with E-state index >= 15 is 0 Å². The molecule has 7 nitrogen and oxygen atoms in total. The lowest BCUT2D eigenvalue weighted by Gasteiger charge is -2.12. The van der Waals surface area contributed by atoms with Gasteiger partial charge in [0.25, 0.3) is 0 Å². The third-order valence-electron chi connectivity index (χ3n) is 2.90. The van der Waals surface area contributed by atoms with Crippen molar-refractivity contribution in [3.8, 4) is 23.0 Å². The minimum atomic E-state index is -0.632. The summed E-state index contributed by atoms with van der Waals surface area (Å²) in [5.41, 5.74) is 0.360. The van der Waals surface area contributed by atoms with Crippen LogP contribution in [0, 0.1) is 0 Å². The van der Waals surface area contributed by atoms with E-state index in [-0.39, 0.29) is 22.9 Å². The maximum atomic E-state index is 12.0. The zero-order chi connectivity index (χ0) is 16.1. The number of carbonyl (C=O) groups is 1. The largest absolute Gasteiger partial charge is 0.506 e. The van der Waals surface area contributed by atoms with Crippen molar-refractivity contribution < 1.29 is 24.5 Å². The van der Waals surface area contributed by atoms with Crippen molar-refractivity contribution in [1.29, 1.82) is 0 Å². The molecule has 4 N–H and O–H groups in total. The highest BCUT2D eigenvalue weighted by Crippen LogP contribution is 2.30. The van der Waals surface area contributed by atoms with E-state index in [0.717, 1.165) is 0 Å². The summed E-state index contributed by atoms with van der Waals surface area (Å²) < 4.78 is 10.0. The van der Waals surface area contributed by atoms with Gasteiger partial charge in [-0.25, -0.2) is 4.79 Å². The van der Waals surface area contributed by atoms with Gasteiger partial charge in [0.05, 0.1) is 25.6 Å². The van der Waals surface area contributed by atoms with Crippen LogP contribution < -0.4 is 20.1 Å². The molecular weight excluding hydrogens is 288 g/mol. The molecule has 2 aromatic rings. The molecule has 22 heavy (non-hydrogen) atoms. The summed E-state index contributed by atoms with van der Waals surface area (Å²) in [6.45, 7) is 0. The second-order valence-electron chi connectivity index (χ2n) is 4.35. The Morgan fingerprint density at radius 2 is 1.27 bits per heavy atom. The van der Waals surface area contributed by atoms with Crippen LogP contribution in [0.15, 0.2) is 36.4 Å². The normalized spacial score (nSPS) is 9.91. The van der Waals surface area contributed by atoms with Crippen molar-refractivity contribution in [2.75, 3.05) is 24.9 Å². The molecule has 0 aliphatic rings. The van der Waals surface area contributed by atoms with Gasteiger partial charge in [0.1, 0.15) is 23.0 Å². The molecule has 2 rings (SSSR count). The number of rotatable bonds is 4. The lowest BCUT2D eigenvalue weighted by molar-refractivity contribution is 0.262. The molecule has 0 fully saturated rings. The van der Waals surface area contributed by atoms with Gasteiger partial charge in [0.2, 0.25) is 0 Å². The van der Waals surface area contributed by atoms with Crippen molar-refractivity contribution >= 4 is 17.4 Å². The summed E-state index contributed by atoms with van der Waals surface area (Å²) in [7, 11) is 2.95. The second kappa shape index (κ2) is 6.57. The highest BCUT2D eigenvalue weighted by Gasteiger charge is 2.11. The SMILES string of the molecule is COc1ccc(O)c(NC(=O)Nc2cc(OC)ccc2O)c1. The van der Waals surface area contributed by atoms with Crippen LogP contribution in [-0.4, -0.2) is 30.5 Å². The first kappa shape index (κ1) is 15.3. The number of methoxy groups -OCH3 is 2. The Labute approximate surface area is 127 Å². The highest BCUT2D eigenvalue weighted by molar-refractivity contribution is 6.01. The molecule has 0 aliphatic carbocycles. The Hall–Kier alpha value is -3.09. The van der Waals surface area contributed by atoms with E-state index in [2.05, 4.69) is 10.6 Å². The van der Waals surface area contributed by atoms with E-state index < -0.39 is 6.03 Å². The number of nitrogens with one attached hydrogen (secondary N) is 2. The fourth-order valence-corrected chi connectivity index (χ4v) is 1.76. The first-order chi connectivity index (χ1) is 10.5. The van der Waals surface area contributed by atoms with Gasteiger partial charge >= 0.3 is 6.03 Å². The van der Waals surface area contributed by atoms with Gasteiger partial charge in [-0.05, 0) is 24.3 Å². The molecule has 0 unspecified atom stereocenters. The number of phenolic OH excluding ortho intramolecular Hbond substituents is 2.